The van der Waals surface area contributed by atoms with E-state index < -0.39 is 0 Å². The summed E-state index contributed by atoms with van der Waals surface area (Å²) in [4.78, 5) is 14.6. The first kappa shape index (κ1) is 16.1. The predicted octanol–water partition coefficient (Wildman–Crippen LogP) is 5.49. The Morgan fingerprint density at radius 3 is 2.70 bits per heavy atom. The Morgan fingerprint density at radius 1 is 1.17 bits per heavy atom. The van der Waals surface area contributed by atoms with Gasteiger partial charge in [0.1, 0.15) is 5.76 Å². The highest BCUT2D eigenvalue weighted by molar-refractivity contribution is 7.07. The highest BCUT2D eigenvalue weighted by Gasteiger charge is 2.20. The lowest BCUT2D eigenvalue weighted by Crippen LogP contribution is -2.30. The maximum Gasteiger partial charge on any atom is 0.256 e. The van der Waals surface area contributed by atoms with E-state index in [1.54, 1.807) is 46.8 Å². The second-order valence-corrected chi connectivity index (χ2v) is 6.62. The molecule has 0 saturated heterocycles. The molecule has 3 nitrogen and oxygen atoms in total. The molecule has 3 rings (SSSR count). The Hall–Kier alpha value is -1.75. The smallest absolute Gasteiger partial charge is 0.256 e. The largest absolute Gasteiger partial charge is 0.467 e. The topological polar surface area (TPSA) is 33.5 Å². The summed E-state index contributed by atoms with van der Waals surface area (Å²) in [5.41, 5.74) is 1.50. The normalized spacial score (nSPS) is 10.7. The SMILES string of the molecule is O=C(c1ccc(Cl)cc1Cl)N(Cc1ccsc1)Cc1ccco1. The zero-order valence-electron chi connectivity index (χ0n) is 12.0. The molecule has 3 aromatic rings. The molecule has 0 N–H and O–H groups in total. The minimum atomic E-state index is -0.158. The summed E-state index contributed by atoms with van der Waals surface area (Å²) >= 11 is 13.7. The van der Waals surface area contributed by atoms with Crippen LogP contribution >= 0.6 is 34.5 Å². The summed E-state index contributed by atoms with van der Waals surface area (Å²) in [5.74, 6) is 0.563. The summed E-state index contributed by atoms with van der Waals surface area (Å²) in [6.07, 6.45) is 1.60. The highest BCUT2D eigenvalue weighted by atomic mass is 35.5. The number of thiophene rings is 1. The maximum absolute atomic E-state index is 12.9. The first-order valence-electron chi connectivity index (χ1n) is 6.91. The van der Waals surface area contributed by atoms with Crippen LogP contribution in [0.1, 0.15) is 21.7 Å². The van der Waals surface area contributed by atoms with Crippen LogP contribution in [-0.2, 0) is 13.1 Å². The second kappa shape index (κ2) is 7.21. The second-order valence-electron chi connectivity index (χ2n) is 5.00. The van der Waals surface area contributed by atoms with Crippen LogP contribution in [0.15, 0.2) is 57.8 Å². The molecule has 0 bridgehead atoms. The maximum atomic E-state index is 12.9. The van der Waals surface area contributed by atoms with Crippen LogP contribution in [0.2, 0.25) is 10.0 Å². The molecule has 2 heterocycles. The molecular weight excluding hydrogens is 353 g/mol. The molecule has 0 atom stereocenters. The van der Waals surface area contributed by atoms with Crippen molar-refractivity contribution in [3.63, 3.8) is 0 Å². The molecule has 0 unspecified atom stereocenters. The molecule has 23 heavy (non-hydrogen) atoms. The van der Waals surface area contributed by atoms with Crippen molar-refractivity contribution in [3.05, 3.63) is 80.4 Å². The van der Waals surface area contributed by atoms with E-state index in [9.17, 15) is 4.79 Å². The van der Waals surface area contributed by atoms with Crippen molar-refractivity contribution in [2.75, 3.05) is 0 Å². The Morgan fingerprint density at radius 2 is 2.04 bits per heavy atom. The van der Waals surface area contributed by atoms with Crippen molar-refractivity contribution in [2.24, 2.45) is 0 Å². The van der Waals surface area contributed by atoms with Gasteiger partial charge in [0.05, 0.1) is 23.4 Å². The van der Waals surface area contributed by atoms with Crippen molar-refractivity contribution in [1.82, 2.24) is 4.90 Å². The van der Waals surface area contributed by atoms with E-state index in [1.165, 1.54) is 0 Å². The summed E-state index contributed by atoms with van der Waals surface area (Å²) in [7, 11) is 0. The third-order valence-corrected chi connectivity index (χ3v) is 4.61. The number of halogens is 2. The monoisotopic (exact) mass is 365 g/mol. The molecular formula is C17H13Cl2NO2S. The van der Waals surface area contributed by atoms with E-state index in [4.69, 9.17) is 27.6 Å². The molecule has 1 amide bonds. The van der Waals surface area contributed by atoms with Crippen LogP contribution in [0, 0.1) is 0 Å². The lowest BCUT2D eigenvalue weighted by molar-refractivity contribution is 0.0718. The highest BCUT2D eigenvalue weighted by Crippen LogP contribution is 2.24. The molecule has 0 aliphatic heterocycles. The summed E-state index contributed by atoms with van der Waals surface area (Å²) in [6.45, 7) is 0.864. The van der Waals surface area contributed by atoms with Gasteiger partial charge in [-0.3, -0.25) is 4.79 Å². The molecule has 0 fully saturated rings. The Labute approximate surface area is 148 Å². The first-order valence-corrected chi connectivity index (χ1v) is 8.61. The summed E-state index contributed by atoms with van der Waals surface area (Å²) < 4.78 is 5.37. The predicted molar refractivity (Wildman–Crippen MR) is 93.1 cm³/mol. The molecule has 2 aromatic heterocycles. The van der Waals surface area contributed by atoms with Crippen LogP contribution < -0.4 is 0 Å². The van der Waals surface area contributed by atoms with Gasteiger partial charge < -0.3 is 9.32 Å². The number of hydrogen-bond acceptors (Lipinski definition) is 3. The van der Waals surface area contributed by atoms with E-state index in [0.29, 0.717) is 28.7 Å². The Kier molecular flexibility index (Phi) is 5.06. The van der Waals surface area contributed by atoms with E-state index >= 15 is 0 Å². The number of benzene rings is 1. The fourth-order valence-corrected chi connectivity index (χ4v) is 3.38. The van der Waals surface area contributed by atoms with Crippen LogP contribution in [0.4, 0.5) is 0 Å². The molecule has 0 aliphatic carbocycles. The number of hydrogen-bond donors (Lipinski definition) is 0. The first-order chi connectivity index (χ1) is 11.1. The van der Waals surface area contributed by atoms with Crippen molar-refractivity contribution < 1.29 is 9.21 Å². The zero-order valence-corrected chi connectivity index (χ0v) is 14.4. The third kappa shape index (κ3) is 3.96. The number of amides is 1. The number of nitrogens with zero attached hydrogens (tertiary/aromatic N) is 1. The van der Waals surface area contributed by atoms with Gasteiger partial charge in [0.15, 0.2) is 0 Å². The molecule has 6 heteroatoms. The van der Waals surface area contributed by atoms with Gasteiger partial charge in [-0.2, -0.15) is 11.3 Å². The Balaban J connectivity index is 1.88. The van der Waals surface area contributed by atoms with Gasteiger partial charge in [-0.1, -0.05) is 23.2 Å². The molecule has 0 radical (unpaired) electrons. The number of rotatable bonds is 5. The van der Waals surface area contributed by atoms with E-state index in [0.717, 1.165) is 11.3 Å². The fraction of sp³-hybridized carbons (Fsp3) is 0.118. The number of carbonyl (C=O) groups excluding carboxylic acids is 1. The molecule has 0 saturated carbocycles. The average molecular weight is 366 g/mol. The van der Waals surface area contributed by atoms with Crippen LogP contribution in [0.25, 0.3) is 0 Å². The van der Waals surface area contributed by atoms with Gasteiger partial charge in [-0.15, -0.1) is 0 Å². The van der Waals surface area contributed by atoms with E-state index in [2.05, 4.69) is 0 Å². The fourth-order valence-electron chi connectivity index (χ4n) is 2.23. The van der Waals surface area contributed by atoms with Gasteiger partial charge in [0, 0.05) is 11.6 Å². The quantitative estimate of drug-likeness (QED) is 0.598. The zero-order chi connectivity index (χ0) is 16.2. The van der Waals surface area contributed by atoms with Crippen LogP contribution in [-0.4, -0.2) is 10.8 Å². The van der Waals surface area contributed by atoms with Gasteiger partial charge >= 0.3 is 0 Å². The molecule has 1 aromatic carbocycles. The van der Waals surface area contributed by atoms with Crippen molar-refractivity contribution >= 4 is 40.4 Å². The average Bonchev–Trinajstić information content (AvgIpc) is 3.19. The molecule has 118 valence electrons. The van der Waals surface area contributed by atoms with Gasteiger partial charge in [-0.05, 0) is 52.7 Å². The summed E-state index contributed by atoms with van der Waals surface area (Å²) in [5, 5.41) is 4.85. The Bertz CT molecular complexity index is 749. The molecule has 0 spiro atoms. The number of furan rings is 1. The minimum absolute atomic E-state index is 0.158. The summed E-state index contributed by atoms with van der Waals surface area (Å²) in [6, 6.07) is 10.5. The minimum Gasteiger partial charge on any atom is -0.467 e. The van der Waals surface area contributed by atoms with Crippen LogP contribution in [0.3, 0.4) is 0 Å². The lowest BCUT2D eigenvalue weighted by Gasteiger charge is -2.22. The lowest BCUT2D eigenvalue weighted by atomic mass is 10.1. The van der Waals surface area contributed by atoms with Crippen molar-refractivity contribution in [1.29, 1.82) is 0 Å². The van der Waals surface area contributed by atoms with E-state index in [1.807, 2.05) is 22.9 Å². The molecule has 0 aliphatic rings. The van der Waals surface area contributed by atoms with Crippen molar-refractivity contribution in [2.45, 2.75) is 13.1 Å². The number of carbonyl (C=O) groups is 1. The van der Waals surface area contributed by atoms with Gasteiger partial charge in [0.25, 0.3) is 5.91 Å². The van der Waals surface area contributed by atoms with Crippen molar-refractivity contribution in [3.8, 4) is 0 Å². The van der Waals surface area contributed by atoms with E-state index in [-0.39, 0.29) is 5.91 Å². The van der Waals surface area contributed by atoms with Gasteiger partial charge in [0.2, 0.25) is 0 Å². The standard InChI is InChI=1S/C17H13Cl2NO2S/c18-13-3-4-15(16(19)8-13)17(21)20(9-12-5-7-23-11-12)10-14-2-1-6-22-14/h1-8,11H,9-10H2. The van der Waals surface area contributed by atoms with Crippen LogP contribution in [0.5, 0.6) is 0 Å². The third-order valence-electron chi connectivity index (χ3n) is 3.33. The van der Waals surface area contributed by atoms with Gasteiger partial charge in [-0.25, -0.2) is 0 Å².